The first-order valence-corrected chi connectivity index (χ1v) is 11.1. The van der Waals surface area contributed by atoms with Crippen molar-refractivity contribution in [3.05, 3.63) is 29.3 Å². The van der Waals surface area contributed by atoms with E-state index in [1.54, 1.807) is 0 Å². The van der Waals surface area contributed by atoms with Crippen LogP contribution < -0.4 is 0 Å². The molecule has 0 aliphatic carbocycles. The van der Waals surface area contributed by atoms with Crippen LogP contribution in [-0.2, 0) is 19.6 Å². The summed E-state index contributed by atoms with van der Waals surface area (Å²) >= 11 is 0. The van der Waals surface area contributed by atoms with E-state index in [9.17, 15) is 22.6 Å². The van der Waals surface area contributed by atoms with Gasteiger partial charge >= 0.3 is 49.7 Å². The van der Waals surface area contributed by atoms with Crippen LogP contribution in [0.4, 0.5) is 0 Å². The van der Waals surface area contributed by atoms with Crippen LogP contribution in [0.3, 0.4) is 0 Å². The van der Waals surface area contributed by atoms with E-state index >= 15 is 0 Å². The Balaban J connectivity index is -0.00000261. The molecule has 162 valence electrons. The third-order valence-corrected chi connectivity index (χ3v) is 5.19. The molecule has 0 aliphatic heterocycles. The number of carbonyl (C=O) groups excluding carboxylic acids is 2. The predicted molar refractivity (Wildman–Crippen MR) is 113 cm³/mol. The topological polar surface area (TPSA) is 107 Å². The van der Waals surface area contributed by atoms with Gasteiger partial charge in [-0.05, 0) is 43.9 Å². The summed E-state index contributed by atoms with van der Waals surface area (Å²) in [7, 11) is -4.62. The quantitative estimate of drug-likeness (QED) is 0.301. The maximum Gasteiger partial charge on any atom is 2.00 e. The Morgan fingerprint density at radius 1 is 0.897 bits per heavy atom. The Hall–Kier alpha value is -0.670. The fraction of sp³-hybridized carbons (Fsp3) is 0.600. The first-order chi connectivity index (χ1) is 13.2. The fourth-order valence-corrected chi connectivity index (χ4v) is 3.31. The molecular weight excluding hydrogens is 424 g/mol. The van der Waals surface area contributed by atoms with Crippen molar-refractivity contribution in [3.63, 3.8) is 0 Å². The number of benzene rings is 1. The molecule has 29 heavy (non-hydrogen) atoms. The molecule has 0 radical (unpaired) electrons. The van der Waals surface area contributed by atoms with Crippen molar-refractivity contribution in [2.75, 3.05) is 0 Å². The van der Waals surface area contributed by atoms with Crippen molar-refractivity contribution in [1.82, 2.24) is 0 Å². The molecule has 9 heteroatoms. The van der Waals surface area contributed by atoms with E-state index < -0.39 is 27.0 Å². The van der Waals surface area contributed by atoms with Crippen molar-refractivity contribution >= 4 is 59.8 Å². The Morgan fingerprint density at radius 3 is 1.55 bits per heavy atom. The zero-order valence-electron chi connectivity index (χ0n) is 19.6. The van der Waals surface area contributed by atoms with Gasteiger partial charge in [-0.2, -0.15) is 8.42 Å². The van der Waals surface area contributed by atoms with Gasteiger partial charge in [-0.25, -0.2) is 9.59 Å². The smallest absolute Gasteiger partial charge is 1.00 e. The second kappa shape index (κ2) is 13.6. The van der Waals surface area contributed by atoms with Gasteiger partial charge in [-0.3, -0.25) is 4.55 Å². The van der Waals surface area contributed by atoms with Gasteiger partial charge in [0.25, 0.3) is 10.1 Å². The molecule has 1 rings (SSSR count). The predicted octanol–water partition coefficient (Wildman–Crippen LogP) is 4.25. The van der Waals surface area contributed by atoms with E-state index in [0.29, 0.717) is 25.7 Å². The second-order valence-corrected chi connectivity index (χ2v) is 8.09. The van der Waals surface area contributed by atoms with Crippen molar-refractivity contribution in [2.45, 2.75) is 83.3 Å². The van der Waals surface area contributed by atoms with E-state index in [0.717, 1.165) is 25.0 Å². The van der Waals surface area contributed by atoms with Crippen LogP contribution in [0.2, 0.25) is 0 Å². The molecule has 0 aliphatic rings. The molecule has 0 spiro atoms. The van der Waals surface area contributed by atoms with E-state index in [2.05, 4.69) is 0 Å². The van der Waals surface area contributed by atoms with Crippen LogP contribution in [0.25, 0.3) is 0 Å². The summed E-state index contributed by atoms with van der Waals surface area (Å²) < 4.78 is 43.4. The molecule has 0 heterocycles. The molecule has 1 N–H and O–H groups in total. The van der Waals surface area contributed by atoms with Gasteiger partial charge in [0.1, 0.15) is 12.2 Å². The first kappa shape index (κ1) is 28.3. The summed E-state index contributed by atoms with van der Waals surface area (Å²) in [5.41, 5.74) is -0.250. The molecule has 0 saturated heterocycles. The van der Waals surface area contributed by atoms with Crippen molar-refractivity contribution in [3.8, 4) is 0 Å². The maximum absolute atomic E-state index is 12.5. The van der Waals surface area contributed by atoms with Crippen LogP contribution in [-0.4, -0.2) is 74.9 Å². The Kier molecular flexibility index (Phi) is 13.3. The summed E-state index contributed by atoms with van der Waals surface area (Å²) in [4.78, 5) is 24.4. The SMILES string of the molecule is CCCC(CC)OC(=O)c1cc(C(=O)OC(CC)CCC)cc(S(=O)(=O)O)c1.[Ca+2].[H-].[H-]. The number of hydrogen-bond acceptors (Lipinski definition) is 6. The minimum absolute atomic E-state index is 0. The molecule has 0 saturated carbocycles. The number of esters is 2. The van der Waals surface area contributed by atoms with Crippen molar-refractivity contribution < 1.29 is 34.9 Å². The molecule has 1 aromatic rings. The summed E-state index contributed by atoms with van der Waals surface area (Å²) in [6.07, 6.45) is 3.60. The van der Waals surface area contributed by atoms with Crippen molar-refractivity contribution in [1.29, 1.82) is 0 Å². The molecule has 2 atom stereocenters. The van der Waals surface area contributed by atoms with Gasteiger partial charge < -0.3 is 12.3 Å². The summed E-state index contributed by atoms with van der Waals surface area (Å²) in [5, 5.41) is 0. The third kappa shape index (κ3) is 9.34. The minimum atomic E-state index is -4.62. The monoisotopic (exact) mass is 456 g/mol. The fourth-order valence-electron chi connectivity index (χ4n) is 2.76. The Bertz CT molecular complexity index is 741. The molecule has 0 bridgehead atoms. The van der Waals surface area contributed by atoms with Crippen LogP contribution in [0.1, 0.15) is 89.8 Å². The minimum Gasteiger partial charge on any atom is -1.00 e. The van der Waals surface area contributed by atoms with Gasteiger partial charge in [-0.15, -0.1) is 0 Å². The average Bonchev–Trinajstić information content (AvgIpc) is 2.65. The average molecular weight is 457 g/mol. The van der Waals surface area contributed by atoms with E-state index in [1.165, 1.54) is 6.07 Å². The normalized spacial score (nSPS) is 13.1. The zero-order chi connectivity index (χ0) is 21.3. The van der Waals surface area contributed by atoms with E-state index in [4.69, 9.17) is 9.47 Å². The van der Waals surface area contributed by atoms with Gasteiger partial charge in [0.15, 0.2) is 0 Å². The van der Waals surface area contributed by atoms with Crippen LogP contribution in [0.5, 0.6) is 0 Å². The molecule has 1 aromatic carbocycles. The molecule has 0 amide bonds. The Morgan fingerprint density at radius 2 is 1.28 bits per heavy atom. The number of hydrogen-bond donors (Lipinski definition) is 1. The molecule has 0 aromatic heterocycles. The molecule has 2 unspecified atom stereocenters. The van der Waals surface area contributed by atoms with E-state index in [1.807, 2.05) is 27.7 Å². The van der Waals surface area contributed by atoms with Gasteiger partial charge in [0, 0.05) is 0 Å². The van der Waals surface area contributed by atoms with Crippen LogP contribution in [0.15, 0.2) is 23.1 Å². The summed E-state index contributed by atoms with van der Waals surface area (Å²) in [6, 6.07) is 3.23. The standard InChI is InChI=1S/C20H30O7S.Ca.2H/c1-5-9-16(7-3)26-19(21)14-11-15(13-18(12-14)28(23,24)25)20(22)27-17(8-4)10-6-2;;;/h11-13,16-17H,5-10H2,1-4H3,(H,23,24,25);;;/q;+2;2*-1. The van der Waals surface area contributed by atoms with Gasteiger partial charge in [0.2, 0.25) is 0 Å². The van der Waals surface area contributed by atoms with Crippen molar-refractivity contribution in [2.24, 2.45) is 0 Å². The number of rotatable bonds is 11. The third-order valence-electron chi connectivity index (χ3n) is 4.36. The Labute approximate surface area is 206 Å². The van der Waals surface area contributed by atoms with Gasteiger partial charge in [0.05, 0.1) is 16.0 Å². The second-order valence-electron chi connectivity index (χ2n) is 6.67. The van der Waals surface area contributed by atoms with Gasteiger partial charge in [-0.1, -0.05) is 40.5 Å². The van der Waals surface area contributed by atoms with Crippen LogP contribution >= 0.6 is 0 Å². The largest absolute Gasteiger partial charge is 2.00 e. The number of ether oxygens (including phenoxy) is 2. The zero-order valence-corrected chi connectivity index (χ0v) is 20.7. The molecule has 0 fully saturated rings. The van der Waals surface area contributed by atoms with Crippen LogP contribution in [0, 0.1) is 0 Å². The maximum atomic E-state index is 12.5. The van der Waals surface area contributed by atoms with E-state index in [-0.39, 0.29) is 63.9 Å². The molecular formula is C20H32CaO7S. The number of carbonyl (C=O) groups is 2. The summed E-state index contributed by atoms with van der Waals surface area (Å²) in [5.74, 6) is -1.50. The summed E-state index contributed by atoms with van der Waals surface area (Å²) in [6.45, 7) is 7.68. The molecule has 7 nitrogen and oxygen atoms in total. The first-order valence-electron chi connectivity index (χ1n) is 9.70.